The highest BCUT2D eigenvalue weighted by atomic mass is 15.1. The van der Waals surface area contributed by atoms with E-state index in [4.69, 9.17) is 9.97 Å². The van der Waals surface area contributed by atoms with Crippen molar-refractivity contribution >= 4 is 87.2 Å². The van der Waals surface area contributed by atoms with Crippen molar-refractivity contribution in [2.24, 2.45) is 0 Å². The van der Waals surface area contributed by atoms with Crippen LogP contribution >= 0.6 is 0 Å². The van der Waals surface area contributed by atoms with Crippen molar-refractivity contribution in [3.05, 3.63) is 243 Å². The number of nitrogens with zero attached hydrogens (tertiary/aromatic N) is 6. The Hall–Kier alpha value is -9.52. The van der Waals surface area contributed by atoms with Gasteiger partial charge in [0.1, 0.15) is 11.6 Å². The molecule has 0 N–H and O–H groups in total. The number of hydrogen-bond donors (Lipinski definition) is 0. The first-order valence-corrected chi connectivity index (χ1v) is 23.8. The van der Waals surface area contributed by atoms with Crippen LogP contribution in [0.5, 0.6) is 0 Å². The van der Waals surface area contributed by atoms with E-state index in [9.17, 15) is 0 Å². The first kappa shape index (κ1) is 38.6. The molecule has 0 spiro atoms. The summed E-state index contributed by atoms with van der Waals surface area (Å²) in [6.45, 7) is 0. The van der Waals surface area contributed by atoms with Gasteiger partial charge in [-0.2, -0.15) is 0 Å². The topological polar surface area (TPSA) is 45.5 Å². The van der Waals surface area contributed by atoms with Gasteiger partial charge in [-0.3, -0.25) is 9.13 Å². The third-order valence-electron chi connectivity index (χ3n) is 14.4. The molecular weight excluding hydrogens is 853 g/mol. The Morgan fingerprint density at radius 1 is 0.214 bits per heavy atom. The molecule has 0 aliphatic carbocycles. The minimum atomic E-state index is 0.892. The highest BCUT2D eigenvalue weighted by molar-refractivity contribution is 6.19. The van der Waals surface area contributed by atoms with Crippen LogP contribution in [-0.4, -0.2) is 28.2 Å². The minimum absolute atomic E-state index is 0.892. The summed E-state index contributed by atoms with van der Waals surface area (Å²) in [6.07, 6.45) is 0. The van der Waals surface area contributed by atoms with E-state index < -0.39 is 0 Å². The molecule has 0 atom stereocenters. The summed E-state index contributed by atoms with van der Waals surface area (Å²) in [4.78, 5) is 10.7. The Kier molecular flexibility index (Phi) is 8.26. The molecule has 15 rings (SSSR count). The van der Waals surface area contributed by atoms with E-state index >= 15 is 0 Å². The summed E-state index contributed by atoms with van der Waals surface area (Å²) in [6, 6.07) is 87.1. The third kappa shape index (κ3) is 5.68. The lowest BCUT2D eigenvalue weighted by Gasteiger charge is -2.13. The average molecular weight is 893 g/mol. The number of pyridine rings is 2. The smallest absolute Gasteiger partial charge is 0.138 e. The molecule has 9 aromatic carbocycles. The third-order valence-corrected chi connectivity index (χ3v) is 14.4. The van der Waals surface area contributed by atoms with Gasteiger partial charge in [-0.25, -0.2) is 9.97 Å². The Bertz CT molecular complexity index is 4220. The highest BCUT2D eigenvalue weighted by Gasteiger charge is 2.20. The molecule has 0 saturated heterocycles. The fourth-order valence-corrected chi connectivity index (χ4v) is 11.4. The van der Waals surface area contributed by atoms with Crippen LogP contribution in [-0.2, 0) is 0 Å². The molecule has 326 valence electrons. The van der Waals surface area contributed by atoms with Gasteiger partial charge in [0, 0.05) is 65.6 Å². The van der Waals surface area contributed by atoms with E-state index in [1.807, 2.05) is 0 Å². The van der Waals surface area contributed by atoms with Gasteiger partial charge in [0.05, 0.1) is 55.5 Å². The Morgan fingerprint density at radius 3 is 0.900 bits per heavy atom. The van der Waals surface area contributed by atoms with Crippen LogP contribution in [0.3, 0.4) is 0 Å². The average Bonchev–Trinajstić information content (AvgIpc) is 4.15. The lowest BCUT2D eigenvalue weighted by molar-refractivity contribution is 1.08. The highest BCUT2D eigenvalue weighted by Crippen LogP contribution is 2.41. The summed E-state index contributed by atoms with van der Waals surface area (Å²) in [5.74, 6) is 1.78. The number of fused-ring (bicyclic) bond motifs is 12. The zero-order chi connectivity index (χ0) is 45.9. The van der Waals surface area contributed by atoms with E-state index in [1.165, 1.54) is 43.1 Å². The number of aromatic nitrogens is 6. The van der Waals surface area contributed by atoms with Crippen LogP contribution in [0.25, 0.3) is 133 Å². The fourth-order valence-electron chi connectivity index (χ4n) is 11.4. The van der Waals surface area contributed by atoms with Gasteiger partial charge in [-0.1, -0.05) is 146 Å². The first-order chi connectivity index (χ1) is 34.7. The van der Waals surface area contributed by atoms with E-state index in [2.05, 4.69) is 261 Å². The lowest BCUT2D eigenvalue weighted by Crippen LogP contribution is -1.99. The molecule has 0 amide bonds. The zero-order valence-electron chi connectivity index (χ0n) is 37.8. The standard InChI is InChI=1S/C64H40N6/c1-9-31-57-45(21-1)46-22-2-10-32-58(46)69(57)63-35-15-27-53(65-63)41-17-13-19-43(37-41)67-55-29-7-5-25-49(55)51-39-52-50-26-6-8-30-56(50)68(62(52)40-61(51)67)44-20-14-18-42(38-44)54-28-16-36-64(66-54)70-59-33-11-3-23-47(59)48-24-4-12-34-60(48)70/h1-40H. The lowest BCUT2D eigenvalue weighted by atomic mass is 10.1. The second-order valence-electron chi connectivity index (χ2n) is 18.2. The van der Waals surface area contributed by atoms with Crippen molar-refractivity contribution < 1.29 is 0 Å². The molecule has 70 heavy (non-hydrogen) atoms. The first-order valence-electron chi connectivity index (χ1n) is 23.8. The monoisotopic (exact) mass is 892 g/mol. The van der Waals surface area contributed by atoms with Gasteiger partial charge in [-0.15, -0.1) is 0 Å². The Labute approximate surface area is 401 Å². The van der Waals surface area contributed by atoms with Crippen molar-refractivity contribution in [2.75, 3.05) is 0 Å². The number of hydrogen-bond acceptors (Lipinski definition) is 2. The van der Waals surface area contributed by atoms with E-state index in [0.717, 1.165) is 89.7 Å². The largest absolute Gasteiger partial charge is 0.309 e. The summed E-state index contributed by atoms with van der Waals surface area (Å²) in [5.41, 5.74) is 15.2. The molecule has 0 aliphatic heterocycles. The summed E-state index contributed by atoms with van der Waals surface area (Å²) >= 11 is 0. The van der Waals surface area contributed by atoms with Crippen LogP contribution in [0.15, 0.2) is 243 Å². The SMILES string of the molecule is c1cc(-c2cccc(-n3c4ccccc4c4ccccc43)n2)cc(-n2c3ccccc3c3cc4c5ccccc5n(-c5cccc(-c6cccc(-n7c8ccccc8c8ccccc87)n6)c5)c4cc32)c1. The maximum absolute atomic E-state index is 5.36. The predicted molar refractivity (Wildman–Crippen MR) is 290 cm³/mol. The maximum atomic E-state index is 5.36. The van der Waals surface area contributed by atoms with Gasteiger partial charge in [-0.05, 0) is 97.1 Å². The van der Waals surface area contributed by atoms with Gasteiger partial charge >= 0.3 is 0 Å². The molecular formula is C64H40N6. The van der Waals surface area contributed by atoms with Gasteiger partial charge in [0.15, 0.2) is 0 Å². The van der Waals surface area contributed by atoms with Gasteiger partial charge in [0.2, 0.25) is 0 Å². The Morgan fingerprint density at radius 2 is 0.529 bits per heavy atom. The number of rotatable bonds is 6. The number of para-hydroxylation sites is 6. The molecule has 0 bridgehead atoms. The summed E-state index contributed by atoms with van der Waals surface area (Å²) < 4.78 is 9.41. The van der Waals surface area contributed by atoms with E-state index in [0.29, 0.717) is 0 Å². The zero-order valence-corrected chi connectivity index (χ0v) is 37.8. The van der Waals surface area contributed by atoms with Gasteiger partial charge in [0.25, 0.3) is 0 Å². The van der Waals surface area contributed by atoms with Crippen LogP contribution in [0.1, 0.15) is 0 Å². The van der Waals surface area contributed by atoms with E-state index in [1.54, 1.807) is 0 Å². The van der Waals surface area contributed by atoms with Crippen LogP contribution in [0.2, 0.25) is 0 Å². The molecule has 0 fully saturated rings. The Balaban J connectivity index is 0.885. The quantitative estimate of drug-likeness (QED) is 0.167. The predicted octanol–water partition coefficient (Wildman–Crippen LogP) is 16.2. The molecule has 6 nitrogen and oxygen atoms in total. The van der Waals surface area contributed by atoms with Crippen molar-refractivity contribution in [3.63, 3.8) is 0 Å². The molecule has 6 heteroatoms. The molecule has 0 unspecified atom stereocenters. The normalized spacial score (nSPS) is 12.0. The molecule has 0 radical (unpaired) electrons. The molecule has 0 aliphatic rings. The molecule has 15 aromatic rings. The van der Waals surface area contributed by atoms with Crippen molar-refractivity contribution in [1.29, 1.82) is 0 Å². The molecule has 6 aromatic heterocycles. The van der Waals surface area contributed by atoms with Crippen LogP contribution < -0.4 is 0 Å². The van der Waals surface area contributed by atoms with Crippen molar-refractivity contribution in [2.45, 2.75) is 0 Å². The summed E-state index contributed by atoms with van der Waals surface area (Å²) in [5, 5.41) is 9.73. The maximum Gasteiger partial charge on any atom is 0.138 e. The second-order valence-corrected chi connectivity index (χ2v) is 18.2. The van der Waals surface area contributed by atoms with E-state index in [-0.39, 0.29) is 0 Å². The van der Waals surface area contributed by atoms with Crippen LogP contribution in [0.4, 0.5) is 0 Å². The molecule has 6 heterocycles. The fraction of sp³-hybridized carbons (Fsp3) is 0. The minimum Gasteiger partial charge on any atom is -0.309 e. The van der Waals surface area contributed by atoms with Crippen molar-refractivity contribution in [3.8, 4) is 45.5 Å². The van der Waals surface area contributed by atoms with Crippen LogP contribution in [0, 0.1) is 0 Å². The van der Waals surface area contributed by atoms with Gasteiger partial charge < -0.3 is 9.13 Å². The second kappa shape index (κ2) is 15.0. The van der Waals surface area contributed by atoms with Crippen molar-refractivity contribution in [1.82, 2.24) is 28.2 Å². The summed E-state index contributed by atoms with van der Waals surface area (Å²) in [7, 11) is 0. The number of benzene rings is 9. The molecule has 0 saturated carbocycles.